The predicted octanol–water partition coefficient (Wildman–Crippen LogP) is 2.79. The Hall–Kier alpha value is -2.12. The van der Waals surface area contributed by atoms with Gasteiger partial charge >= 0.3 is 0 Å². The van der Waals surface area contributed by atoms with E-state index in [0.717, 1.165) is 49.0 Å². The van der Waals surface area contributed by atoms with Crippen molar-refractivity contribution in [3.05, 3.63) is 69.7 Å². The molecule has 0 unspecified atom stereocenters. The van der Waals surface area contributed by atoms with E-state index in [0.29, 0.717) is 23.1 Å². The second-order valence-electron chi connectivity index (χ2n) is 6.85. The molecule has 160 valence electrons. The normalized spacial score (nSPS) is 15.6. The molecule has 1 aliphatic heterocycles. The molecule has 1 fully saturated rings. The van der Waals surface area contributed by atoms with Crippen LogP contribution in [0.4, 0.5) is 0 Å². The van der Waals surface area contributed by atoms with Crippen molar-refractivity contribution in [2.24, 2.45) is 9.98 Å². The number of hydrogen-bond donors (Lipinski definition) is 2. The summed E-state index contributed by atoms with van der Waals surface area (Å²) in [7, 11) is 0. The van der Waals surface area contributed by atoms with Crippen molar-refractivity contribution in [2.75, 3.05) is 52.5 Å². The Kier molecular flexibility index (Phi) is 8.51. The van der Waals surface area contributed by atoms with Crippen LogP contribution in [0.5, 0.6) is 0 Å². The number of aliphatic hydroxyl groups is 2. The van der Waals surface area contributed by atoms with Crippen LogP contribution in [0.2, 0.25) is 10.0 Å². The van der Waals surface area contributed by atoms with E-state index < -0.39 is 0 Å². The van der Waals surface area contributed by atoms with Crippen molar-refractivity contribution < 1.29 is 10.2 Å². The molecule has 0 atom stereocenters. The maximum Gasteiger partial charge on any atom is 0.131 e. The third-order valence-corrected chi connectivity index (χ3v) is 5.31. The van der Waals surface area contributed by atoms with E-state index in [2.05, 4.69) is 19.8 Å². The molecule has 2 aromatic carbocycles. The quantitative estimate of drug-likeness (QED) is 0.526. The van der Waals surface area contributed by atoms with E-state index >= 15 is 0 Å². The highest BCUT2D eigenvalue weighted by Gasteiger charge is 2.23. The maximum atomic E-state index is 9.25. The number of hydrogen-bond acceptors (Lipinski definition) is 4. The molecule has 2 N–H and O–H groups in total. The van der Waals surface area contributed by atoms with Gasteiger partial charge in [0.25, 0.3) is 0 Å². The lowest BCUT2D eigenvalue weighted by atomic mass is 10.1. The van der Waals surface area contributed by atoms with Gasteiger partial charge in [0.15, 0.2) is 0 Å². The highest BCUT2D eigenvalue weighted by molar-refractivity contribution is 6.31. The number of benzene rings is 2. The number of aliphatic hydroxyl groups excluding tert-OH is 2. The molecule has 3 rings (SSSR count). The molecule has 2 aromatic rings. The third-order valence-electron chi connectivity index (χ3n) is 4.81. The smallest absolute Gasteiger partial charge is 0.131 e. The molecule has 1 aliphatic rings. The molecule has 0 radical (unpaired) electrons. The Labute approximate surface area is 187 Å². The second-order valence-corrected chi connectivity index (χ2v) is 7.72. The highest BCUT2D eigenvalue weighted by atomic mass is 35.5. The van der Waals surface area contributed by atoms with Gasteiger partial charge in [-0.2, -0.15) is 0 Å². The zero-order chi connectivity index (χ0) is 21.3. The molecular weight excluding hydrogens is 423 g/mol. The summed E-state index contributed by atoms with van der Waals surface area (Å²) in [6.45, 7) is 3.77. The minimum Gasteiger partial charge on any atom is -0.394 e. The number of nitrogens with zero attached hydrogens (tertiary/aromatic N) is 4. The summed E-state index contributed by atoms with van der Waals surface area (Å²) >= 11 is 12.1. The Morgan fingerprint density at radius 1 is 0.667 bits per heavy atom. The summed E-state index contributed by atoms with van der Waals surface area (Å²) in [5, 5.41) is 19.9. The summed E-state index contributed by atoms with van der Waals surface area (Å²) in [4.78, 5) is 13.7. The van der Waals surface area contributed by atoms with Crippen LogP contribution in [0.15, 0.2) is 58.5 Å². The van der Waals surface area contributed by atoms with E-state index in [9.17, 15) is 10.2 Å². The predicted molar refractivity (Wildman–Crippen MR) is 123 cm³/mol. The third kappa shape index (κ3) is 5.95. The van der Waals surface area contributed by atoms with E-state index in [-0.39, 0.29) is 13.2 Å². The summed E-state index contributed by atoms with van der Waals surface area (Å²) < 4.78 is 0. The minimum absolute atomic E-state index is 0.00554. The van der Waals surface area contributed by atoms with E-state index in [1.54, 1.807) is 0 Å². The van der Waals surface area contributed by atoms with Gasteiger partial charge in [0.2, 0.25) is 0 Å². The zero-order valence-electron chi connectivity index (χ0n) is 16.7. The topological polar surface area (TPSA) is 71.7 Å². The summed E-state index contributed by atoms with van der Waals surface area (Å²) in [6, 6.07) is 15.2. The molecule has 0 spiro atoms. The Balaban J connectivity index is 1.76. The average molecular weight is 449 g/mol. The summed E-state index contributed by atoms with van der Waals surface area (Å²) in [5.74, 6) is 1.72. The lowest BCUT2D eigenvalue weighted by Crippen LogP contribution is -2.51. The van der Waals surface area contributed by atoms with Gasteiger partial charge in [-0.3, -0.25) is 9.98 Å². The fourth-order valence-corrected chi connectivity index (χ4v) is 3.64. The molecule has 8 heteroatoms. The van der Waals surface area contributed by atoms with Crippen molar-refractivity contribution in [3.63, 3.8) is 0 Å². The van der Waals surface area contributed by atoms with Gasteiger partial charge in [0.05, 0.1) is 26.3 Å². The van der Waals surface area contributed by atoms with Crippen molar-refractivity contribution >= 4 is 34.9 Å². The molecule has 6 nitrogen and oxygen atoms in total. The Morgan fingerprint density at radius 2 is 1.00 bits per heavy atom. The van der Waals surface area contributed by atoms with Crippen molar-refractivity contribution in [3.8, 4) is 0 Å². The minimum atomic E-state index is 0.00554. The zero-order valence-corrected chi connectivity index (χ0v) is 18.2. The van der Waals surface area contributed by atoms with Crippen molar-refractivity contribution in [2.45, 2.75) is 0 Å². The number of amidine groups is 2. The van der Waals surface area contributed by atoms with Crippen LogP contribution in [0.25, 0.3) is 0 Å². The first-order valence-corrected chi connectivity index (χ1v) is 10.7. The first-order chi connectivity index (χ1) is 14.6. The molecule has 1 saturated heterocycles. The molecule has 0 saturated carbocycles. The summed E-state index contributed by atoms with van der Waals surface area (Å²) in [6.07, 6.45) is 0. The molecule has 0 aromatic heterocycles. The van der Waals surface area contributed by atoms with Crippen LogP contribution in [0.1, 0.15) is 11.1 Å². The standard InChI is InChI=1S/C22H26Cl2N4O2/c23-19-5-1-17(2-6-19)21(25-9-15-29)27-11-13-28(14-12-27)22(26-10-16-30)18-3-7-20(24)8-4-18/h1-8,29-30H,9-16H2. The van der Waals surface area contributed by atoms with Crippen molar-refractivity contribution in [1.29, 1.82) is 0 Å². The molecule has 0 bridgehead atoms. The second kappa shape index (κ2) is 11.3. The highest BCUT2D eigenvalue weighted by Crippen LogP contribution is 2.17. The van der Waals surface area contributed by atoms with Gasteiger partial charge in [-0.25, -0.2) is 0 Å². The largest absolute Gasteiger partial charge is 0.394 e. The van der Waals surface area contributed by atoms with E-state index in [1.807, 2.05) is 48.5 Å². The first kappa shape index (κ1) is 22.6. The lowest BCUT2D eigenvalue weighted by molar-refractivity contribution is 0.256. The number of halogens is 2. The fourth-order valence-electron chi connectivity index (χ4n) is 3.39. The van der Waals surface area contributed by atoms with Gasteiger partial charge in [0.1, 0.15) is 11.7 Å². The molecule has 0 amide bonds. The maximum absolute atomic E-state index is 9.25. The van der Waals surface area contributed by atoms with Crippen LogP contribution >= 0.6 is 23.2 Å². The number of piperazine rings is 1. The number of rotatable bonds is 6. The first-order valence-electron chi connectivity index (χ1n) is 9.94. The Morgan fingerprint density at radius 3 is 1.30 bits per heavy atom. The molecule has 30 heavy (non-hydrogen) atoms. The lowest BCUT2D eigenvalue weighted by Gasteiger charge is -2.38. The molecule has 0 aliphatic carbocycles. The van der Waals surface area contributed by atoms with Gasteiger partial charge in [-0.05, 0) is 48.5 Å². The van der Waals surface area contributed by atoms with Gasteiger partial charge in [-0.15, -0.1) is 0 Å². The van der Waals surface area contributed by atoms with E-state index in [4.69, 9.17) is 23.2 Å². The van der Waals surface area contributed by atoms with Crippen LogP contribution in [0, 0.1) is 0 Å². The SMILES string of the molecule is OCCN=C(c1ccc(Cl)cc1)N1CCN(C(=NCCO)c2ccc(Cl)cc2)CC1. The summed E-state index contributed by atoms with van der Waals surface area (Å²) in [5.41, 5.74) is 1.96. The average Bonchev–Trinajstić information content (AvgIpc) is 2.77. The van der Waals surface area contributed by atoms with Gasteiger partial charge < -0.3 is 20.0 Å². The Bertz CT molecular complexity index is 788. The number of aliphatic imine (C=N–C) groups is 2. The monoisotopic (exact) mass is 448 g/mol. The fraction of sp³-hybridized carbons (Fsp3) is 0.364. The van der Waals surface area contributed by atoms with E-state index in [1.165, 1.54) is 0 Å². The van der Waals surface area contributed by atoms with Crippen LogP contribution in [-0.4, -0.2) is 84.2 Å². The van der Waals surface area contributed by atoms with Crippen LogP contribution < -0.4 is 0 Å². The molecular formula is C22H26Cl2N4O2. The van der Waals surface area contributed by atoms with Crippen LogP contribution in [-0.2, 0) is 0 Å². The van der Waals surface area contributed by atoms with Crippen LogP contribution in [0.3, 0.4) is 0 Å². The van der Waals surface area contributed by atoms with Gasteiger partial charge in [-0.1, -0.05) is 23.2 Å². The van der Waals surface area contributed by atoms with Crippen molar-refractivity contribution in [1.82, 2.24) is 9.80 Å². The molecule has 1 heterocycles. The van der Waals surface area contributed by atoms with Gasteiger partial charge in [0, 0.05) is 47.4 Å².